The van der Waals surface area contributed by atoms with Crippen molar-refractivity contribution < 1.29 is 8.42 Å². The van der Waals surface area contributed by atoms with Crippen LogP contribution >= 0.6 is 27.3 Å². The average Bonchev–Trinajstić information content (AvgIpc) is 2.80. The fourth-order valence-corrected chi connectivity index (χ4v) is 5.19. The van der Waals surface area contributed by atoms with Gasteiger partial charge in [0.2, 0.25) is 10.0 Å². The van der Waals surface area contributed by atoms with Crippen molar-refractivity contribution in [1.29, 1.82) is 0 Å². The summed E-state index contributed by atoms with van der Waals surface area (Å²) in [6, 6.07) is 8.92. The highest BCUT2D eigenvalue weighted by molar-refractivity contribution is 9.10. The van der Waals surface area contributed by atoms with Gasteiger partial charge in [-0.3, -0.25) is 0 Å². The summed E-state index contributed by atoms with van der Waals surface area (Å²) in [5.74, 6) is 0. The fraction of sp³-hybridized carbons (Fsp3) is 0.286. The second-order valence-corrected chi connectivity index (χ2v) is 8.67. The second-order valence-electron chi connectivity index (χ2n) is 4.74. The average molecular weight is 389 g/mol. The number of hydrogen-bond donors (Lipinski definition) is 2. The third-order valence-electron chi connectivity index (χ3n) is 3.09. The molecule has 0 fully saturated rings. The number of benzene rings is 1. The SMILES string of the molecule is Cc1sc(CN)cc1S(=O)(=O)NC(C)c1cccc(Br)c1. The lowest BCUT2D eigenvalue weighted by Gasteiger charge is -2.14. The molecule has 3 N–H and O–H groups in total. The molecule has 2 rings (SSSR count). The molecule has 0 aliphatic rings. The van der Waals surface area contributed by atoms with E-state index in [2.05, 4.69) is 20.7 Å². The molecule has 114 valence electrons. The summed E-state index contributed by atoms with van der Waals surface area (Å²) in [6.07, 6.45) is 0. The van der Waals surface area contributed by atoms with Gasteiger partial charge in [-0.15, -0.1) is 11.3 Å². The van der Waals surface area contributed by atoms with E-state index >= 15 is 0 Å². The molecule has 1 aromatic heterocycles. The van der Waals surface area contributed by atoms with Crippen LogP contribution in [-0.2, 0) is 16.6 Å². The van der Waals surface area contributed by atoms with E-state index in [-0.39, 0.29) is 6.04 Å². The minimum absolute atomic E-state index is 0.312. The van der Waals surface area contributed by atoms with Gasteiger partial charge >= 0.3 is 0 Å². The lowest BCUT2D eigenvalue weighted by atomic mass is 10.1. The Kier molecular flexibility index (Phi) is 5.21. The van der Waals surface area contributed by atoms with E-state index in [9.17, 15) is 8.42 Å². The summed E-state index contributed by atoms with van der Waals surface area (Å²) >= 11 is 4.80. The van der Waals surface area contributed by atoms with Gasteiger partial charge < -0.3 is 5.73 Å². The van der Waals surface area contributed by atoms with E-state index in [1.807, 2.05) is 31.2 Å². The number of rotatable bonds is 5. The van der Waals surface area contributed by atoms with Gasteiger partial charge in [-0.2, -0.15) is 0 Å². The van der Waals surface area contributed by atoms with Crippen LogP contribution in [-0.4, -0.2) is 8.42 Å². The first-order valence-corrected chi connectivity index (χ1v) is 9.50. The zero-order valence-corrected chi connectivity index (χ0v) is 15.0. The van der Waals surface area contributed by atoms with Gasteiger partial charge in [0.1, 0.15) is 0 Å². The van der Waals surface area contributed by atoms with Crippen molar-refractivity contribution in [2.24, 2.45) is 5.73 Å². The van der Waals surface area contributed by atoms with Gasteiger partial charge in [-0.25, -0.2) is 13.1 Å². The molecular weight excluding hydrogens is 372 g/mol. The lowest BCUT2D eigenvalue weighted by Crippen LogP contribution is -2.27. The summed E-state index contributed by atoms with van der Waals surface area (Å²) in [5.41, 5.74) is 6.48. The summed E-state index contributed by atoms with van der Waals surface area (Å²) < 4.78 is 28.6. The topological polar surface area (TPSA) is 72.2 Å². The van der Waals surface area contributed by atoms with Crippen molar-refractivity contribution in [2.45, 2.75) is 31.3 Å². The van der Waals surface area contributed by atoms with E-state index in [0.29, 0.717) is 11.4 Å². The van der Waals surface area contributed by atoms with Crippen LogP contribution in [0.2, 0.25) is 0 Å². The molecule has 21 heavy (non-hydrogen) atoms. The van der Waals surface area contributed by atoms with E-state index in [1.54, 1.807) is 13.0 Å². The lowest BCUT2D eigenvalue weighted by molar-refractivity contribution is 0.566. The van der Waals surface area contributed by atoms with Gasteiger partial charge in [0.25, 0.3) is 0 Å². The van der Waals surface area contributed by atoms with Crippen LogP contribution in [0.4, 0.5) is 0 Å². The molecule has 2 aromatic rings. The number of halogens is 1. The molecule has 1 unspecified atom stereocenters. The molecule has 0 aliphatic heterocycles. The summed E-state index contributed by atoms with van der Waals surface area (Å²) in [7, 11) is -3.55. The summed E-state index contributed by atoms with van der Waals surface area (Å²) in [4.78, 5) is 1.93. The van der Waals surface area contributed by atoms with Gasteiger partial charge in [-0.1, -0.05) is 28.1 Å². The normalized spacial score (nSPS) is 13.3. The number of nitrogens with one attached hydrogen (secondary N) is 1. The van der Waals surface area contributed by atoms with Crippen LogP contribution in [0.5, 0.6) is 0 Å². The van der Waals surface area contributed by atoms with Gasteiger partial charge in [-0.05, 0) is 37.6 Å². The maximum absolute atomic E-state index is 12.5. The molecule has 7 heteroatoms. The van der Waals surface area contributed by atoms with Crippen LogP contribution in [0, 0.1) is 6.92 Å². The minimum Gasteiger partial charge on any atom is -0.326 e. The quantitative estimate of drug-likeness (QED) is 0.824. The molecule has 1 aromatic carbocycles. The van der Waals surface area contributed by atoms with Gasteiger partial charge in [0.15, 0.2) is 0 Å². The Bertz CT molecular complexity index is 741. The predicted octanol–water partition coefficient (Wildman–Crippen LogP) is 3.32. The molecule has 1 atom stereocenters. The first-order chi connectivity index (χ1) is 9.83. The Morgan fingerprint density at radius 3 is 2.67 bits per heavy atom. The number of nitrogens with two attached hydrogens (primary N) is 1. The highest BCUT2D eigenvalue weighted by atomic mass is 79.9. The first-order valence-electron chi connectivity index (χ1n) is 6.40. The molecule has 0 radical (unpaired) electrons. The molecule has 0 spiro atoms. The number of hydrogen-bond acceptors (Lipinski definition) is 4. The zero-order valence-electron chi connectivity index (χ0n) is 11.8. The molecule has 0 bridgehead atoms. The standard InChI is InChI=1S/C14H17BrN2O2S2/c1-9(11-4-3-5-12(15)6-11)17-21(18,19)14-7-13(8-16)20-10(14)2/h3-7,9,17H,8,16H2,1-2H3. The van der Waals surface area contributed by atoms with Gasteiger partial charge in [0, 0.05) is 26.8 Å². The molecular formula is C14H17BrN2O2S2. The third kappa shape index (κ3) is 3.92. The smallest absolute Gasteiger partial charge is 0.242 e. The molecule has 0 amide bonds. The van der Waals surface area contributed by atoms with Crippen molar-refractivity contribution >= 4 is 37.3 Å². The minimum atomic E-state index is -3.55. The van der Waals surface area contributed by atoms with E-state index in [4.69, 9.17) is 5.73 Å². The first kappa shape index (κ1) is 16.6. The zero-order chi connectivity index (χ0) is 15.6. The number of aryl methyl sites for hydroxylation is 1. The highest BCUT2D eigenvalue weighted by Crippen LogP contribution is 2.27. The largest absolute Gasteiger partial charge is 0.326 e. The summed E-state index contributed by atoms with van der Waals surface area (Å²) in [5, 5.41) is 0. The van der Waals surface area contributed by atoms with Crippen molar-refractivity contribution in [3.05, 3.63) is 50.1 Å². The Labute approximate surface area is 137 Å². The highest BCUT2D eigenvalue weighted by Gasteiger charge is 2.22. The van der Waals surface area contributed by atoms with Crippen molar-refractivity contribution in [2.75, 3.05) is 0 Å². The van der Waals surface area contributed by atoms with Crippen LogP contribution in [0.3, 0.4) is 0 Å². The fourth-order valence-electron chi connectivity index (χ4n) is 2.03. The second kappa shape index (κ2) is 6.58. The van der Waals surface area contributed by atoms with Crippen LogP contribution in [0.15, 0.2) is 39.7 Å². The van der Waals surface area contributed by atoms with E-state index in [1.165, 1.54) is 11.3 Å². The van der Waals surface area contributed by atoms with Crippen molar-refractivity contribution in [1.82, 2.24) is 4.72 Å². The Morgan fingerprint density at radius 2 is 2.10 bits per heavy atom. The van der Waals surface area contributed by atoms with E-state index < -0.39 is 10.0 Å². The third-order valence-corrected chi connectivity index (χ3v) is 6.46. The summed E-state index contributed by atoms with van der Waals surface area (Å²) in [6.45, 7) is 3.97. The number of sulfonamides is 1. The van der Waals surface area contributed by atoms with Crippen molar-refractivity contribution in [3.63, 3.8) is 0 Å². The van der Waals surface area contributed by atoms with Gasteiger partial charge in [0.05, 0.1) is 4.90 Å². The molecule has 0 aliphatic carbocycles. The monoisotopic (exact) mass is 388 g/mol. The van der Waals surface area contributed by atoms with Crippen LogP contribution < -0.4 is 10.5 Å². The predicted molar refractivity (Wildman–Crippen MR) is 89.8 cm³/mol. The van der Waals surface area contributed by atoms with Crippen molar-refractivity contribution in [3.8, 4) is 0 Å². The van der Waals surface area contributed by atoms with Crippen LogP contribution in [0.25, 0.3) is 0 Å². The maximum Gasteiger partial charge on any atom is 0.242 e. The number of thiophene rings is 1. The molecule has 1 heterocycles. The Morgan fingerprint density at radius 1 is 1.38 bits per heavy atom. The van der Waals surface area contributed by atoms with E-state index in [0.717, 1.165) is 19.8 Å². The molecule has 0 saturated heterocycles. The molecule has 0 saturated carbocycles. The van der Waals surface area contributed by atoms with Crippen LogP contribution in [0.1, 0.15) is 28.3 Å². The maximum atomic E-state index is 12.5. The Balaban J connectivity index is 2.26. The molecule has 4 nitrogen and oxygen atoms in total. The Hall–Kier alpha value is -0.730.